The summed E-state index contributed by atoms with van der Waals surface area (Å²) in [5.74, 6) is 0.800. The van der Waals surface area contributed by atoms with Crippen LogP contribution >= 0.6 is 0 Å². The van der Waals surface area contributed by atoms with Gasteiger partial charge in [-0.1, -0.05) is 0 Å². The molecule has 60 valence electrons. The van der Waals surface area contributed by atoms with E-state index in [9.17, 15) is 4.21 Å². The standard InChI is InChI=1S/C6H13NO2S/c1-10(7,9)4-5-2-6(8)3-5/h5-8H,2-4H2,1H3. The zero-order valence-electron chi connectivity index (χ0n) is 6.04. The second-order valence-corrected chi connectivity index (χ2v) is 5.51. The molecule has 1 saturated carbocycles. The van der Waals surface area contributed by atoms with Crippen LogP contribution in [0, 0.1) is 10.7 Å². The number of hydrogen-bond acceptors (Lipinski definition) is 3. The Morgan fingerprint density at radius 3 is 2.50 bits per heavy atom. The third-order valence-corrected chi connectivity index (χ3v) is 2.87. The summed E-state index contributed by atoms with van der Waals surface area (Å²) < 4.78 is 18.0. The van der Waals surface area contributed by atoms with Crippen molar-refractivity contribution >= 4 is 9.73 Å². The van der Waals surface area contributed by atoms with Crippen LogP contribution in [0.3, 0.4) is 0 Å². The lowest BCUT2D eigenvalue weighted by molar-refractivity contribution is 0.0528. The average molecular weight is 163 g/mol. The fraction of sp³-hybridized carbons (Fsp3) is 1.00. The fourth-order valence-corrected chi connectivity index (χ4v) is 2.46. The van der Waals surface area contributed by atoms with E-state index in [0.29, 0.717) is 11.7 Å². The summed E-state index contributed by atoms with van der Waals surface area (Å²) in [6, 6.07) is 0. The SMILES string of the molecule is CS(=N)(=O)CC1CC(O)C1. The summed E-state index contributed by atoms with van der Waals surface area (Å²) in [6.07, 6.45) is 2.75. The van der Waals surface area contributed by atoms with E-state index < -0.39 is 9.73 Å². The maximum Gasteiger partial charge on any atom is 0.0546 e. The highest BCUT2D eigenvalue weighted by atomic mass is 32.2. The highest BCUT2D eigenvalue weighted by molar-refractivity contribution is 7.91. The van der Waals surface area contributed by atoms with Gasteiger partial charge in [0.05, 0.1) is 6.10 Å². The highest BCUT2D eigenvalue weighted by Gasteiger charge is 2.28. The van der Waals surface area contributed by atoms with Gasteiger partial charge in [0.25, 0.3) is 0 Å². The van der Waals surface area contributed by atoms with E-state index in [0.717, 1.165) is 12.8 Å². The second-order valence-electron chi connectivity index (χ2n) is 3.16. The average Bonchev–Trinajstić information content (AvgIpc) is 1.57. The van der Waals surface area contributed by atoms with Crippen LogP contribution in [-0.2, 0) is 9.73 Å². The third kappa shape index (κ3) is 2.27. The normalized spacial score (nSPS) is 38.2. The molecule has 0 aromatic rings. The number of nitrogens with one attached hydrogen (secondary N) is 1. The molecule has 1 fully saturated rings. The summed E-state index contributed by atoms with van der Waals surface area (Å²) in [5.41, 5.74) is 0. The molecule has 0 aromatic carbocycles. The smallest absolute Gasteiger partial charge is 0.0546 e. The molecular formula is C6H13NO2S. The van der Waals surface area contributed by atoms with Crippen molar-refractivity contribution in [3.8, 4) is 0 Å². The van der Waals surface area contributed by atoms with E-state index in [1.54, 1.807) is 0 Å². The summed E-state index contributed by atoms with van der Waals surface area (Å²) in [7, 11) is -2.32. The van der Waals surface area contributed by atoms with Crippen molar-refractivity contribution < 1.29 is 9.32 Å². The van der Waals surface area contributed by atoms with Crippen LogP contribution in [0.25, 0.3) is 0 Å². The minimum Gasteiger partial charge on any atom is -0.393 e. The Morgan fingerprint density at radius 2 is 2.20 bits per heavy atom. The largest absolute Gasteiger partial charge is 0.393 e. The minimum atomic E-state index is -2.32. The van der Waals surface area contributed by atoms with E-state index >= 15 is 0 Å². The first kappa shape index (κ1) is 8.01. The van der Waals surface area contributed by atoms with Crippen molar-refractivity contribution in [3.05, 3.63) is 0 Å². The maximum absolute atomic E-state index is 10.9. The molecule has 0 heterocycles. The molecule has 0 bridgehead atoms. The number of hydrogen-bond donors (Lipinski definition) is 2. The number of rotatable bonds is 2. The summed E-state index contributed by atoms with van der Waals surface area (Å²) in [6.45, 7) is 0. The molecule has 1 unspecified atom stereocenters. The maximum atomic E-state index is 10.9. The molecule has 3 nitrogen and oxygen atoms in total. The van der Waals surface area contributed by atoms with Gasteiger partial charge in [-0.15, -0.1) is 0 Å². The molecule has 1 atom stereocenters. The Morgan fingerprint density at radius 1 is 1.70 bits per heavy atom. The van der Waals surface area contributed by atoms with Gasteiger partial charge >= 0.3 is 0 Å². The Hall–Kier alpha value is -0.0900. The van der Waals surface area contributed by atoms with Crippen LogP contribution in [0.1, 0.15) is 12.8 Å². The van der Waals surface area contributed by atoms with Crippen LogP contribution in [0.4, 0.5) is 0 Å². The van der Waals surface area contributed by atoms with Crippen molar-refractivity contribution in [2.24, 2.45) is 5.92 Å². The Bertz CT molecular complexity index is 204. The molecule has 0 aromatic heterocycles. The van der Waals surface area contributed by atoms with Crippen molar-refractivity contribution in [3.63, 3.8) is 0 Å². The van der Waals surface area contributed by atoms with Crippen LogP contribution in [0.5, 0.6) is 0 Å². The quantitative estimate of drug-likeness (QED) is 0.620. The minimum absolute atomic E-state index is 0.188. The highest BCUT2D eigenvalue weighted by Crippen LogP contribution is 2.28. The predicted molar refractivity (Wildman–Crippen MR) is 40.4 cm³/mol. The molecule has 0 amide bonds. The Labute approximate surface area is 61.4 Å². The first-order valence-corrected chi connectivity index (χ1v) is 5.50. The summed E-state index contributed by atoms with van der Waals surface area (Å²) >= 11 is 0. The van der Waals surface area contributed by atoms with E-state index in [2.05, 4.69) is 0 Å². The topological polar surface area (TPSA) is 61.2 Å². The van der Waals surface area contributed by atoms with Gasteiger partial charge in [-0.2, -0.15) is 0 Å². The van der Waals surface area contributed by atoms with E-state index in [1.807, 2.05) is 0 Å². The molecule has 1 rings (SSSR count). The van der Waals surface area contributed by atoms with Gasteiger partial charge in [-0.05, 0) is 18.8 Å². The van der Waals surface area contributed by atoms with Crippen LogP contribution in [0.15, 0.2) is 0 Å². The molecule has 0 spiro atoms. The second kappa shape index (κ2) is 2.51. The van der Waals surface area contributed by atoms with Crippen molar-refractivity contribution in [1.29, 1.82) is 4.78 Å². The monoisotopic (exact) mass is 163 g/mol. The predicted octanol–water partition coefficient (Wildman–Crippen LogP) is 0.434. The lowest BCUT2D eigenvalue weighted by Gasteiger charge is -2.30. The van der Waals surface area contributed by atoms with Gasteiger partial charge in [0.15, 0.2) is 0 Å². The first-order chi connectivity index (χ1) is 4.47. The lowest BCUT2D eigenvalue weighted by atomic mass is 9.84. The van der Waals surface area contributed by atoms with E-state index in [-0.39, 0.29) is 6.10 Å². The number of aliphatic hydroxyl groups is 1. The van der Waals surface area contributed by atoms with Gasteiger partial charge in [-0.3, -0.25) is 8.99 Å². The summed E-state index contributed by atoms with van der Waals surface area (Å²) in [4.78, 5) is 0. The third-order valence-electron chi connectivity index (χ3n) is 1.76. The van der Waals surface area contributed by atoms with E-state index in [1.165, 1.54) is 6.26 Å². The summed E-state index contributed by atoms with van der Waals surface area (Å²) in [5, 5.41) is 8.86. The van der Waals surface area contributed by atoms with Crippen LogP contribution in [0.2, 0.25) is 0 Å². The Balaban J connectivity index is 2.30. The first-order valence-electron chi connectivity index (χ1n) is 3.37. The zero-order chi connectivity index (χ0) is 7.78. The van der Waals surface area contributed by atoms with Gasteiger partial charge in [0.1, 0.15) is 0 Å². The molecule has 4 heteroatoms. The molecule has 0 radical (unpaired) electrons. The molecule has 1 aliphatic carbocycles. The van der Waals surface area contributed by atoms with Crippen LogP contribution < -0.4 is 0 Å². The Kier molecular flexibility index (Phi) is 2.01. The molecule has 0 aliphatic heterocycles. The number of aliphatic hydroxyl groups excluding tert-OH is 1. The van der Waals surface area contributed by atoms with Gasteiger partial charge in [-0.25, -0.2) is 0 Å². The van der Waals surface area contributed by atoms with Gasteiger partial charge in [0.2, 0.25) is 0 Å². The molecule has 0 saturated heterocycles. The van der Waals surface area contributed by atoms with Crippen LogP contribution in [-0.4, -0.2) is 27.4 Å². The van der Waals surface area contributed by atoms with Crippen molar-refractivity contribution in [2.75, 3.05) is 12.0 Å². The lowest BCUT2D eigenvalue weighted by Crippen LogP contribution is -2.32. The zero-order valence-corrected chi connectivity index (χ0v) is 6.86. The molecule has 2 N–H and O–H groups in total. The van der Waals surface area contributed by atoms with Gasteiger partial charge < -0.3 is 5.11 Å². The van der Waals surface area contributed by atoms with E-state index in [4.69, 9.17) is 9.89 Å². The van der Waals surface area contributed by atoms with Crippen molar-refractivity contribution in [1.82, 2.24) is 0 Å². The van der Waals surface area contributed by atoms with Gasteiger partial charge in [0, 0.05) is 21.7 Å². The fourth-order valence-electron chi connectivity index (χ4n) is 1.29. The molecule has 1 aliphatic rings. The van der Waals surface area contributed by atoms with Crippen molar-refractivity contribution in [2.45, 2.75) is 18.9 Å². The molecular weight excluding hydrogens is 150 g/mol. The molecule has 10 heavy (non-hydrogen) atoms.